The molecule has 0 saturated heterocycles. The molecule has 0 saturated carbocycles. The molecule has 0 amide bonds. The molecule has 0 radical (unpaired) electrons. The quantitative estimate of drug-likeness (QED) is 0.467. The summed E-state index contributed by atoms with van der Waals surface area (Å²) in [6, 6.07) is 6.41. The Hall–Kier alpha value is -1.42. The van der Waals surface area contributed by atoms with Gasteiger partial charge >= 0.3 is 0 Å². The van der Waals surface area contributed by atoms with Crippen molar-refractivity contribution in [3.63, 3.8) is 0 Å². The van der Waals surface area contributed by atoms with Gasteiger partial charge in [0.05, 0.1) is 16.2 Å². The number of nitrogens with zero attached hydrogens (tertiary/aromatic N) is 3. The second-order valence-electron chi connectivity index (χ2n) is 6.48. The molecule has 134 valence electrons. The van der Waals surface area contributed by atoms with Crippen LogP contribution in [-0.4, -0.2) is 30.8 Å². The molecule has 5 nitrogen and oxygen atoms in total. The molecule has 9 heteroatoms. The van der Waals surface area contributed by atoms with Crippen LogP contribution in [0.2, 0.25) is 0 Å². The van der Waals surface area contributed by atoms with E-state index in [0.717, 1.165) is 20.6 Å². The Balaban J connectivity index is 1.78. The largest absolute Gasteiger partial charge is 0.272 e. The van der Waals surface area contributed by atoms with Crippen molar-refractivity contribution < 1.29 is 4.79 Å². The topological polar surface area (TPSA) is 63.6 Å². The second-order valence-corrected chi connectivity index (χ2v) is 10.7. The molecule has 0 aliphatic carbocycles. The van der Waals surface area contributed by atoms with E-state index in [9.17, 15) is 4.79 Å². The number of benzene rings is 1. The number of hydrogen-bond acceptors (Lipinski definition) is 7. The van der Waals surface area contributed by atoms with E-state index in [2.05, 4.69) is 54.2 Å². The molecule has 0 unspecified atom stereocenters. The lowest BCUT2D eigenvalue weighted by Crippen LogP contribution is -2.25. The number of hydrogen-bond donors (Lipinski definition) is 1. The summed E-state index contributed by atoms with van der Waals surface area (Å²) in [5, 5.41) is 7.21. The normalized spacial score (nSPS) is 14.7. The van der Waals surface area contributed by atoms with E-state index in [0.29, 0.717) is 5.16 Å². The molecule has 1 N–H and O–H groups in total. The zero-order chi connectivity index (χ0) is 18.5. The van der Waals surface area contributed by atoms with E-state index in [4.69, 9.17) is 12.2 Å². The van der Waals surface area contributed by atoms with Gasteiger partial charge in [0.15, 0.2) is 5.16 Å². The maximum Gasteiger partial charge on any atom is 0.250 e. The van der Waals surface area contributed by atoms with Crippen molar-refractivity contribution in [2.24, 2.45) is 0 Å². The first kappa shape index (κ1) is 18.0. The number of thioether (sulfide) groups is 2. The molecule has 26 heavy (non-hydrogen) atoms. The predicted molar refractivity (Wildman–Crippen MR) is 110 cm³/mol. The van der Waals surface area contributed by atoms with E-state index in [1.807, 2.05) is 0 Å². The Morgan fingerprint density at radius 2 is 2.23 bits per heavy atom. The number of nitrogens with one attached hydrogen (secondary N) is 1. The predicted octanol–water partition coefficient (Wildman–Crippen LogP) is 5.15. The molecule has 0 atom stereocenters. The maximum atomic E-state index is 12.9. The lowest BCUT2D eigenvalue weighted by atomic mass is 9.97. The lowest BCUT2D eigenvalue weighted by molar-refractivity contribution is 0.0949. The van der Waals surface area contributed by atoms with Gasteiger partial charge in [0.2, 0.25) is 0 Å². The molecule has 2 aromatic heterocycles. The minimum atomic E-state index is -0.240. The Morgan fingerprint density at radius 3 is 2.96 bits per heavy atom. The molecule has 1 aromatic carbocycles. The first-order valence-corrected chi connectivity index (χ1v) is 10.9. The van der Waals surface area contributed by atoms with Crippen molar-refractivity contribution in [1.29, 1.82) is 0 Å². The summed E-state index contributed by atoms with van der Waals surface area (Å²) in [4.78, 5) is 18.2. The van der Waals surface area contributed by atoms with Gasteiger partial charge in [-0.3, -0.25) is 9.89 Å². The summed E-state index contributed by atoms with van der Waals surface area (Å²) >= 11 is 10.1. The van der Waals surface area contributed by atoms with Gasteiger partial charge < -0.3 is 0 Å². The van der Waals surface area contributed by atoms with Crippen molar-refractivity contribution >= 4 is 53.2 Å². The van der Waals surface area contributed by atoms with Gasteiger partial charge in [-0.2, -0.15) is 5.10 Å². The number of aromatic nitrogens is 4. The number of aromatic amines is 1. The summed E-state index contributed by atoms with van der Waals surface area (Å²) in [7, 11) is 0. The Bertz CT molecular complexity index is 1050. The molecule has 3 heterocycles. The van der Waals surface area contributed by atoms with Crippen molar-refractivity contribution in [2.75, 3.05) is 5.75 Å². The molecule has 1 aliphatic rings. The van der Waals surface area contributed by atoms with Crippen LogP contribution < -0.4 is 0 Å². The lowest BCUT2D eigenvalue weighted by Gasteiger charge is -2.32. The highest BCUT2D eigenvalue weighted by atomic mass is 32.2. The van der Waals surface area contributed by atoms with E-state index in [-0.39, 0.29) is 16.4 Å². The van der Waals surface area contributed by atoms with Gasteiger partial charge in [-0.15, -0.1) is 11.8 Å². The van der Waals surface area contributed by atoms with Crippen molar-refractivity contribution in [1.82, 2.24) is 19.1 Å². The zero-order valence-electron chi connectivity index (χ0n) is 14.4. The Morgan fingerprint density at radius 1 is 1.42 bits per heavy atom. The third kappa shape index (κ3) is 3.06. The van der Waals surface area contributed by atoms with Gasteiger partial charge in [0.25, 0.3) is 5.91 Å². The molecule has 0 fully saturated rings. The van der Waals surface area contributed by atoms with Gasteiger partial charge in [0.1, 0.15) is 10.2 Å². The fraction of sp³-hybridized carbons (Fsp3) is 0.294. The first-order valence-electron chi connectivity index (χ1n) is 7.95. The average Bonchev–Trinajstić information content (AvgIpc) is 3.20. The van der Waals surface area contributed by atoms with Crippen LogP contribution in [0.5, 0.6) is 0 Å². The van der Waals surface area contributed by atoms with Crippen LogP contribution in [0.1, 0.15) is 29.9 Å². The SMILES string of the molecule is Cc1ccc2c(c1)SC(C)(C)c1c-2c(=S)sn1C(=O)CSc1ncn[nH]1. The van der Waals surface area contributed by atoms with E-state index < -0.39 is 0 Å². The molecule has 1 aliphatic heterocycles. The van der Waals surface area contributed by atoms with E-state index in [1.165, 1.54) is 40.1 Å². The summed E-state index contributed by atoms with van der Waals surface area (Å²) in [6.45, 7) is 6.39. The number of H-pyrrole nitrogens is 1. The smallest absolute Gasteiger partial charge is 0.250 e. The number of rotatable bonds is 3. The van der Waals surface area contributed by atoms with Crippen LogP contribution in [0.4, 0.5) is 0 Å². The van der Waals surface area contributed by atoms with Crippen LogP contribution >= 0.6 is 47.3 Å². The van der Waals surface area contributed by atoms with Gasteiger partial charge in [0, 0.05) is 10.5 Å². The minimum Gasteiger partial charge on any atom is -0.272 e. The summed E-state index contributed by atoms with van der Waals surface area (Å²) in [5.41, 5.74) is 4.38. The third-order valence-electron chi connectivity index (χ3n) is 4.11. The fourth-order valence-corrected chi connectivity index (χ4v) is 6.63. The van der Waals surface area contributed by atoms with Gasteiger partial charge in [-0.25, -0.2) is 8.94 Å². The first-order chi connectivity index (χ1) is 12.4. The Kier molecular flexibility index (Phi) is 4.58. The van der Waals surface area contributed by atoms with Crippen LogP contribution in [0.15, 0.2) is 34.6 Å². The monoisotopic (exact) mass is 420 g/mol. The maximum absolute atomic E-state index is 12.9. The zero-order valence-corrected chi connectivity index (χ0v) is 17.7. The van der Waals surface area contributed by atoms with Crippen LogP contribution in [0.25, 0.3) is 11.1 Å². The average molecular weight is 421 g/mol. The van der Waals surface area contributed by atoms with Crippen LogP contribution in [-0.2, 0) is 4.75 Å². The number of fused-ring (bicyclic) bond motifs is 3. The summed E-state index contributed by atoms with van der Waals surface area (Å²) < 4.78 is 2.30. The highest BCUT2D eigenvalue weighted by molar-refractivity contribution is 8.00. The minimum absolute atomic E-state index is 0.00740. The molecule has 0 bridgehead atoms. The van der Waals surface area contributed by atoms with Crippen molar-refractivity contribution in [3.05, 3.63) is 39.6 Å². The highest BCUT2D eigenvalue weighted by Gasteiger charge is 2.38. The van der Waals surface area contributed by atoms with Gasteiger partial charge in [-0.05, 0) is 49.5 Å². The number of carbonyl (C=O) groups excluding carboxylic acids is 1. The third-order valence-corrected chi connectivity index (χ3v) is 7.60. The number of aryl methyl sites for hydroxylation is 1. The summed E-state index contributed by atoms with van der Waals surface area (Å²) in [5.74, 6) is 0.288. The van der Waals surface area contributed by atoms with Crippen molar-refractivity contribution in [3.8, 4) is 11.1 Å². The molecule has 3 aromatic rings. The fourth-order valence-electron chi connectivity index (χ4n) is 3.03. The van der Waals surface area contributed by atoms with Crippen LogP contribution in [0.3, 0.4) is 0 Å². The highest BCUT2D eigenvalue weighted by Crippen LogP contribution is 2.54. The molecule has 4 rings (SSSR count). The number of carbonyl (C=O) groups is 1. The molecule has 0 spiro atoms. The van der Waals surface area contributed by atoms with Crippen LogP contribution in [0, 0.1) is 10.7 Å². The van der Waals surface area contributed by atoms with E-state index in [1.54, 1.807) is 15.7 Å². The van der Waals surface area contributed by atoms with Crippen molar-refractivity contribution in [2.45, 2.75) is 35.6 Å². The molecular formula is C17H16N4OS4. The standard InChI is InChI=1S/C17H16N4OS4/c1-9-4-5-10-11(6-9)25-17(2,3)14-13(10)15(23)26-21(14)12(22)7-24-16-18-8-19-20-16/h4-6,8H,7H2,1-3H3,(H,18,19,20). The Labute approximate surface area is 168 Å². The second kappa shape index (κ2) is 6.63. The summed E-state index contributed by atoms with van der Waals surface area (Å²) in [6.07, 6.45) is 1.44. The van der Waals surface area contributed by atoms with E-state index >= 15 is 0 Å². The molecular weight excluding hydrogens is 404 g/mol. The van der Waals surface area contributed by atoms with Gasteiger partial charge in [-0.1, -0.05) is 36.1 Å².